The number of anilines is 1. The predicted molar refractivity (Wildman–Crippen MR) is 69.5 cm³/mol. The minimum Gasteiger partial charge on any atom is -0.246 e. The van der Waals surface area contributed by atoms with E-state index < -0.39 is 10.2 Å². The van der Waals surface area contributed by atoms with Gasteiger partial charge in [0.05, 0.1) is 5.69 Å². The molecule has 1 fully saturated rings. The molecule has 2 rings (SSSR count). The summed E-state index contributed by atoms with van der Waals surface area (Å²) in [6.07, 6.45) is 4.05. The van der Waals surface area contributed by atoms with Crippen molar-refractivity contribution < 1.29 is 8.42 Å². The second-order valence-electron chi connectivity index (χ2n) is 4.37. The maximum absolute atomic E-state index is 11.8. The number of nitrogens with zero attached hydrogens (tertiary/aromatic N) is 1. The van der Waals surface area contributed by atoms with Gasteiger partial charge in [-0.3, -0.25) is 0 Å². The van der Waals surface area contributed by atoms with E-state index in [2.05, 4.69) is 14.4 Å². The fourth-order valence-electron chi connectivity index (χ4n) is 1.92. The molecule has 7 heteroatoms. The monoisotopic (exact) mass is 275 g/mol. The van der Waals surface area contributed by atoms with Crippen LogP contribution in [0.4, 0.5) is 5.13 Å². The topological polar surface area (TPSA) is 71.1 Å². The van der Waals surface area contributed by atoms with Gasteiger partial charge in [0.1, 0.15) is 0 Å². The molecule has 0 radical (unpaired) electrons. The highest BCUT2D eigenvalue weighted by molar-refractivity contribution is 7.91. The van der Waals surface area contributed by atoms with Crippen LogP contribution in [-0.4, -0.2) is 19.4 Å². The zero-order chi connectivity index (χ0) is 12.5. The smallest absolute Gasteiger partial charge is 0.246 e. The quantitative estimate of drug-likeness (QED) is 0.882. The molecule has 0 atom stereocenters. The normalized spacial score (nSPS) is 17.5. The number of hydrogen-bond donors (Lipinski definition) is 2. The molecule has 0 saturated heterocycles. The van der Waals surface area contributed by atoms with E-state index >= 15 is 0 Å². The van der Waals surface area contributed by atoms with Crippen molar-refractivity contribution in [2.75, 3.05) is 4.72 Å². The van der Waals surface area contributed by atoms with Gasteiger partial charge in [0.2, 0.25) is 0 Å². The van der Waals surface area contributed by atoms with Gasteiger partial charge in [-0.25, -0.2) is 9.71 Å². The molecule has 0 aliphatic heterocycles. The fourth-order valence-corrected chi connectivity index (χ4v) is 4.09. The van der Waals surface area contributed by atoms with Crippen molar-refractivity contribution >= 4 is 26.7 Å². The van der Waals surface area contributed by atoms with Crippen LogP contribution in [0.15, 0.2) is 0 Å². The Morgan fingerprint density at radius 1 is 1.29 bits per heavy atom. The lowest BCUT2D eigenvalue weighted by atomic mass is 10.3. The zero-order valence-electron chi connectivity index (χ0n) is 9.99. The highest BCUT2D eigenvalue weighted by Crippen LogP contribution is 2.23. The van der Waals surface area contributed by atoms with Gasteiger partial charge in [-0.05, 0) is 26.7 Å². The van der Waals surface area contributed by atoms with Crippen LogP contribution in [0.3, 0.4) is 0 Å². The molecule has 1 aromatic rings. The first-order valence-corrected chi connectivity index (χ1v) is 8.00. The Labute approximate surface area is 106 Å². The van der Waals surface area contributed by atoms with Gasteiger partial charge < -0.3 is 0 Å². The van der Waals surface area contributed by atoms with Crippen LogP contribution in [0.5, 0.6) is 0 Å². The van der Waals surface area contributed by atoms with E-state index in [-0.39, 0.29) is 6.04 Å². The maximum atomic E-state index is 11.8. The van der Waals surface area contributed by atoms with Crippen molar-refractivity contribution in [1.29, 1.82) is 0 Å². The van der Waals surface area contributed by atoms with Gasteiger partial charge in [-0.15, -0.1) is 11.3 Å². The summed E-state index contributed by atoms with van der Waals surface area (Å²) in [6.45, 7) is 3.79. The molecule has 0 amide bonds. The predicted octanol–water partition coefficient (Wildman–Crippen LogP) is 1.95. The van der Waals surface area contributed by atoms with E-state index in [4.69, 9.17) is 0 Å². The molecular weight excluding hydrogens is 258 g/mol. The summed E-state index contributed by atoms with van der Waals surface area (Å²) in [5.74, 6) is 0. The summed E-state index contributed by atoms with van der Waals surface area (Å²) >= 11 is 1.36. The number of rotatable bonds is 4. The Morgan fingerprint density at radius 3 is 2.47 bits per heavy atom. The van der Waals surface area contributed by atoms with Crippen LogP contribution < -0.4 is 9.44 Å². The third-order valence-electron chi connectivity index (χ3n) is 2.93. The van der Waals surface area contributed by atoms with Gasteiger partial charge in [0, 0.05) is 10.9 Å². The Balaban J connectivity index is 2.01. The van der Waals surface area contributed by atoms with Crippen molar-refractivity contribution in [2.45, 2.75) is 45.6 Å². The molecule has 17 heavy (non-hydrogen) atoms. The molecule has 0 aromatic carbocycles. The molecule has 1 saturated carbocycles. The van der Waals surface area contributed by atoms with E-state index in [1.807, 2.05) is 13.8 Å². The van der Waals surface area contributed by atoms with Crippen LogP contribution in [0, 0.1) is 13.8 Å². The van der Waals surface area contributed by atoms with Crippen molar-refractivity contribution in [3.8, 4) is 0 Å². The lowest BCUT2D eigenvalue weighted by molar-refractivity contribution is 0.557. The summed E-state index contributed by atoms with van der Waals surface area (Å²) in [7, 11) is -3.47. The second-order valence-corrected chi connectivity index (χ2v) is 7.02. The Bertz CT molecular complexity index is 470. The number of hydrogen-bond acceptors (Lipinski definition) is 4. The molecule has 0 unspecified atom stereocenters. The number of nitrogens with one attached hydrogen (secondary N) is 2. The third kappa shape index (κ3) is 3.40. The van der Waals surface area contributed by atoms with E-state index in [0.29, 0.717) is 5.13 Å². The molecule has 1 aliphatic rings. The van der Waals surface area contributed by atoms with Gasteiger partial charge in [-0.1, -0.05) is 12.8 Å². The summed E-state index contributed by atoms with van der Waals surface area (Å²) in [5, 5.41) is 0.436. The molecule has 0 bridgehead atoms. The Kier molecular flexibility index (Phi) is 3.70. The van der Waals surface area contributed by atoms with Crippen LogP contribution in [0.25, 0.3) is 0 Å². The molecule has 1 heterocycles. The van der Waals surface area contributed by atoms with Crippen molar-refractivity contribution in [2.24, 2.45) is 0 Å². The standard InChI is InChI=1S/C10H17N3O2S2/c1-7-8(2)16-10(11-7)13-17(14,15)12-9-5-3-4-6-9/h9,12H,3-6H2,1-2H3,(H,11,13). The minimum atomic E-state index is -3.47. The first-order valence-electron chi connectivity index (χ1n) is 5.70. The summed E-state index contributed by atoms with van der Waals surface area (Å²) in [5.41, 5.74) is 0.869. The molecule has 1 aromatic heterocycles. The lowest BCUT2D eigenvalue weighted by Gasteiger charge is -2.12. The lowest BCUT2D eigenvalue weighted by Crippen LogP contribution is -2.37. The van der Waals surface area contributed by atoms with Gasteiger partial charge in [0.15, 0.2) is 5.13 Å². The Morgan fingerprint density at radius 2 is 1.94 bits per heavy atom. The average molecular weight is 275 g/mol. The third-order valence-corrected chi connectivity index (χ3v) is 5.15. The number of aromatic nitrogens is 1. The SMILES string of the molecule is Cc1nc(NS(=O)(=O)NC2CCCC2)sc1C. The van der Waals surface area contributed by atoms with Crippen LogP contribution in [-0.2, 0) is 10.2 Å². The summed E-state index contributed by atoms with van der Waals surface area (Å²) < 4.78 is 28.8. The molecule has 0 spiro atoms. The summed E-state index contributed by atoms with van der Waals surface area (Å²) in [6, 6.07) is 0.0784. The largest absolute Gasteiger partial charge is 0.301 e. The van der Waals surface area contributed by atoms with E-state index in [1.54, 1.807) is 0 Å². The molecule has 5 nitrogen and oxygen atoms in total. The highest BCUT2D eigenvalue weighted by Gasteiger charge is 2.22. The minimum absolute atomic E-state index is 0.0784. The van der Waals surface area contributed by atoms with Crippen molar-refractivity contribution in [3.63, 3.8) is 0 Å². The molecule has 1 aliphatic carbocycles. The molecule has 2 N–H and O–H groups in total. The zero-order valence-corrected chi connectivity index (χ0v) is 11.6. The highest BCUT2D eigenvalue weighted by atomic mass is 32.2. The number of aryl methyl sites for hydroxylation is 2. The van der Waals surface area contributed by atoms with Crippen LogP contribution in [0.1, 0.15) is 36.3 Å². The maximum Gasteiger partial charge on any atom is 0.301 e. The first kappa shape index (κ1) is 12.8. The van der Waals surface area contributed by atoms with E-state index in [0.717, 1.165) is 36.3 Å². The second kappa shape index (κ2) is 4.91. The Hall–Kier alpha value is -0.660. The van der Waals surface area contributed by atoms with Crippen molar-refractivity contribution in [3.05, 3.63) is 10.6 Å². The summed E-state index contributed by atoms with van der Waals surface area (Å²) in [4.78, 5) is 5.19. The molecule has 96 valence electrons. The fraction of sp³-hybridized carbons (Fsp3) is 0.700. The van der Waals surface area contributed by atoms with Gasteiger partial charge in [-0.2, -0.15) is 13.1 Å². The average Bonchev–Trinajstić information content (AvgIpc) is 2.77. The van der Waals surface area contributed by atoms with Crippen LogP contribution in [0.2, 0.25) is 0 Å². The van der Waals surface area contributed by atoms with E-state index in [1.165, 1.54) is 11.3 Å². The van der Waals surface area contributed by atoms with Gasteiger partial charge in [0.25, 0.3) is 0 Å². The van der Waals surface area contributed by atoms with Crippen LogP contribution >= 0.6 is 11.3 Å². The first-order chi connectivity index (χ1) is 7.96. The number of thiazole rings is 1. The molecular formula is C10H17N3O2S2. The van der Waals surface area contributed by atoms with E-state index in [9.17, 15) is 8.42 Å². The van der Waals surface area contributed by atoms with Crippen molar-refractivity contribution in [1.82, 2.24) is 9.71 Å². The van der Waals surface area contributed by atoms with Gasteiger partial charge >= 0.3 is 10.2 Å².